The summed E-state index contributed by atoms with van der Waals surface area (Å²) >= 11 is 0. The molecule has 3 heteroatoms. The van der Waals surface area contributed by atoms with E-state index in [1.54, 1.807) is 0 Å². The van der Waals surface area contributed by atoms with Crippen LogP contribution >= 0.6 is 0 Å². The summed E-state index contributed by atoms with van der Waals surface area (Å²) in [6.45, 7) is 0.900. The van der Waals surface area contributed by atoms with Gasteiger partial charge in [0.2, 0.25) is 0 Å². The minimum atomic E-state index is 0. The van der Waals surface area contributed by atoms with Crippen molar-refractivity contribution in [3.05, 3.63) is 60.3 Å². The number of fused-ring (bicyclic) bond motifs is 6. The van der Waals surface area contributed by atoms with Crippen molar-refractivity contribution in [2.24, 2.45) is 0 Å². The van der Waals surface area contributed by atoms with Gasteiger partial charge in [-0.25, -0.2) is 0 Å². The van der Waals surface area contributed by atoms with Crippen LogP contribution in [0.3, 0.4) is 0 Å². The summed E-state index contributed by atoms with van der Waals surface area (Å²) in [6, 6.07) is 18.2. The number of hydrogen-bond donors (Lipinski definition) is 0. The molecule has 88 valence electrons. The summed E-state index contributed by atoms with van der Waals surface area (Å²) in [6.07, 6.45) is 2.21. The van der Waals surface area contributed by atoms with Crippen molar-refractivity contribution in [1.29, 1.82) is 0 Å². The zero-order chi connectivity index (χ0) is 12.1. The van der Waals surface area contributed by atoms with Crippen LogP contribution in [0.5, 0.6) is 0 Å². The fourth-order valence-electron chi connectivity index (χ4n) is 2.83. The maximum absolute atomic E-state index is 3.38. The van der Waals surface area contributed by atoms with Crippen molar-refractivity contribution in [2.45, 2.75) is 0 Å². The van der Waals surface area contributed by atoms with Gasteiger partial charge in [-0.15, -0.1) is 5.56 Å². The molecule has 2 aliphatic rings. The molecule has 0 aromatic heterocycles. The van der Waals surface area contributed by atoms with Crippen molar-refractivity contribution >= 4 is 11.4 Å². The Bertz CT molecular complexity index is 663. The smallest absolute Gasteiger partial charge is 0.361 e. The van der Waals surface area contributed by atoms with Gasteiger partial charge in [-0.1, -0.05) is 35.5 Å². The quantitative estimate of drug-likeness (QED) is 0.479. The molecule has 0 aliphatic carbocycles. The minimum absolute atomic E-state index is 0. The molecule has 0 spiro atoms. The Kier molecular flexibility index (Phi) is 2.93. The van der Waals surface area contributed by atoms with E-state index in [1.165, 1.54) is 28.1 Å². The van der Waals surface area contributed by atoms with Crippen LogP contribution < -0.4 is 23.8 Å². The molecule has 4 rings (SSSR count). The first-order valence-corrected chi connectivity index (χ1v) is 6.15. The third-order valence-electron chi connectivity index (χ3n) is 3.60. The normalized spacial score (nSPS) is 15.1. The third kappa shape index (κ3) is 1.72. The van der Waals surface area contributed by atoms with Gasteiger partial charge in [-0.2, -0.15) is 24.3 Å². The number of rotatable bonds is 0. The summed E-state index contributed by atoms with van der Waals surface area (Å²) < 4.78 is 0. The Morgan fingerprint density at radius 2 is 1.74 bits per heavy atom. The van der Waals surface area contributed by atoms with Crippen LogP contribution in [0.25, 0.3) is 16.8 Å². The molecule has 0 saturated carbocycles. The van der Waals surface area contributed by atoms with Crippen molar-refractivity contribution in [3.8, 4) is 11.1 Å². The number of anilines is 1. The van der Waals surface area contributed by atoms with Crippen LogP contribution in [0, 0.1) is 6.07 Å². The second-order valence-corrected chi connectivity index (χ2v) is 4.82. The number of nitrogens with zero attached hydrogens (tertiary/aromatic N) is 2. The van der Waals surface area contributed by atoms with Gasteiger partial charge in [0, 0.05) is 13.2 Å². The zero-order valence-electron chi connectivity index (χ0n) is 11.2. The molecule has 0 bridgehead atoms. The number of hydrogen-bond acceptors (Lipinski definition) is 2. The standard InChI is InChI=1S/C16H13N2.Li/c1-17-10-16-14-8-3-2-6-12(14)13-7-4-5-9-15(13)18(16)11-17;/h2-8,10H,11H2,1H3;/q-1;+1. The van der Waals surface area contributed by atoms with E-state index in [-0.39, 0.29) is 18.9 Å². The SMILES string of the molecule is CN1C=C2c3ccccc3-c3ccc[c-]c3N2C1.[Li+]. The predicted molar refractivity (Wildman–Crippen MR) is 73.8 cm³/mol. The maximum Gasteiger partial charge on any atom is 1.00 e. The molecule has 19 heavy (non-hydrogen) atoms. The van der Waals surface area contributed by atoms with Crippen molar-refractivity contribution in [1.82, 2.24) is 4.90 Å². The van der Waals surface area contributed by atoms with Crippen molar-refractivity contribution < 1.29 is 18.9 Å². The predicted octanol–water partition coefficient (Wildman–Crippen LogP) is 0.179. The summed E-state index contributed by atoms with van der Waals surface area (Å²) in [5, 5.41) is 0. The molecule has 2 heterocycles. The van der Waals surface area contributed by atoms with Gasteiger partial charge in [0.25, 0.3) is 0 Å². The molecule has 0 unspecified atom stereocenters. The van der Waals surface area contributed by atoms with E-state index < -0.39 is 0 Å². The largest absolute Gasteiger partial charge is 1.00 e. The molecule has 2 aliphatic heterocycles. The van der Waals surface area contributed by atoms with Crippen LogP contribution in [-0.2, 0) is 0 Å². The Balaban J connectivity index is 0.00000110. The molecule has 2 aromatic rings. The van der Waals surface area contributed by atoms with E-state index in [1.807, 2.05) is 6.07 Å². The number of para-hydroxylation sites is 1. The molecular weight excluding hydrogens is 227 g/mol. The molecule has 0 atom stereocenters. The average Bonchev–Trinajstić information content (AvgIpc) is 2.81. The molecule has 2 nitrogen and oxygen atoms in total. The Morgan fingerprint density at radius 1 is 1.00 bits per heavy atom. The summed E-state index contributed by atoms with van der Waals surface area (Å²) in [5.74, 6) is 0. The topological polar surface area (TPSA) is 6.48 Å². The first kappa shape index (κ1) is 12.4. The molecule has 0 N–H and O–H groups in total. The van der Waals surface area contributed by atoms with Gasteiger partial charge in [-0.3, -0.25) is 0 Å². The van der Waals surface area contributed by atoms with Gasteiger partial charge in [0.15, 0.2) is 0 Å². The second-order valence-electron chi connectivity index (χ2n) is 4.82. The summed E-state index contributed by atoms with van der Waals surface area (Å²) in [7, 11) is 2.11. The Labute approximate surface area is 125 Å². The third-order valence-corrected chi connectivity index (χ3v) is 3.60. The van der Waals surface area contributed by atoms with Crippen molar-refractivity contribution in [2.75, 3.05) is 18.6 Å². The molecule has 0 radical (unpaired) electrons. The Hall–Kier alpha value is -1.62. The van der Waals surface area contributed by atoms with E-state index >= 15 is 0 Å². The van der Waals surface area contributed by atoms with Crippen LogP contribution in [0.4, 0.5) is 5.69 Å². The van der Waals surface area contributed by atoms with E-state index in [9.17, 15) is 0 Å². The first-order chi connectivity index (χ1) is 8.84. The van der Waals surface area contributed by atoms with Gasteiger partial charge in [0.1, 0.15) is 0 Å². The molecule has 0 fully saturated rings. The van der Waals surface area contributed by atoms with Gasteiger partial charge < -0.3 is 9.80 Å². The van der Waals surface area contributed by atoms with E-state index in [4.69, 9.17) is 0 Å². The summed E-state index contributed by atoms with van der Waals surface area (Å²) in [5.41, 5.74) is 6.37. The minimum Gasteiger partial charge on any atom is -0.361 e. The van der Waals surface area contributed by atoms with Crippen LogP contribution in [0.15, 0.2) is 48.7 Å². The number of benzene rings is 2. The Morgan fingerprint density at radius 3 is 2.58 bits per heavy atom. The van der Waals surface area contributed by atoms with Crippen LogP contribution in [-0.4, -0.2) is 18.6 Å². The average molecular weight is 240 g/mol. The fourth-order valence-corrected chi connectivity index (χ4v) is 2.83. The maximum atomic E-state index is 3.38. The van der Waals surface area contributed by atoms with Crippen LogP contribution in [0.1, 0.15) is 5.56 Å². The van der Waals surface area contributed by atoms with Crippen LogP contribution in [0.2, 0.25) is 0 Å². The van der Waals surface area contributed by atoms with Crippen molar-refractivity contribution in [3.63, 3.8) is 0 Å². The first-order valence-electron chi connectivity index (χ1n) is 6.15. The van der Waals surface area contributed by atoms with Gasteiger partial charge >= 0.3 is 18.9 Å². The monoisotopic (exact) mass is 240 g/mol. The summed E-state index contributed by atoms with van der Waals surface area (Å²) in [4.78, 5) is 4.54. The fraction of sp³-hybridized carbons (Fsp3) is 0.125. The van der Waals surface area contributed by atoms with E-state index in [0.717, 1.165) is 6.67 Å². The second kappa shape index (κ2) is 4.49. The zero-order valence-corrected chi connectivity index (χ0v) is 11.2. The molecule has 2 aromatic carbocycles. The van der Waals surface area contributed by atoms with Gasteiger partial charge in [0.05, 0.1) is 12.4 Å². The van der Waals surface area contributed by atoms with Gasteiger partial charge in [-0.05, 0) is 5.56 Å². The van der Waals surface area contributed by atoms with E-state index in [0.29, 0.717) is 0 Å². The molecule has 0 amide bonds. The molecule has 0 saturated heterocycles. The van der Waals surface area contributed by atoms with E-state index in [2.05, 4.69) is 65.5 Å². The molecular formula is C16H13LiN2.